The summed E-state index contributed by atoms with van der Waals surface area (Å²) in [4.78, 5) is 14.5. The molecule has 1 fully saturated rings. The van der Waals surface area contributed by atoms with Crippen LogP contribution in [0.5, 0.6) is 0 Å². The Morgan fingerprint density at radius 2 is 1.96 bits per heavy atom. The zero-order valence-corrected chi connectivity index (χ0v) is 13.8. The molecule has 2 aromatic rings. The van der Waals surface area contributed by atoms with Gasteiger partial charge in [0.1, 0.15) is 0 Å². The van der Waals surface area contributed by atoms with Crippen LogP contribution in [0, 0.1) is 0 Å². The van der Waals surface area contributed by atoms with E-state index in [4.69, 9.17) is 0 Å². The summed E-state index contributed by atoms with van der Waals surface area (Å²) < 4.78 is 0. The fourth-order valence-corrected chi connectivity index (χ4v) is 3.73. The van der Waals surface area contributed by atoms with Crippen molar-refractivity contribution < 1.29 is 9.90 Å². The van der Waals surface area contributed by atoms with Crippen molar-refractivity contribution in [3.8, 4) is 0 Å². The molecule has 0 spiro atoms. The molecule has 0 aliphatic carbocycles. The molecule has 0 bridgehead atoms. The number of piperidine rings is 1. The minimum atomic E-state index is -0.734. The highest BCUT2D eigenvalue weighted by Crippen LogP contribution is 2.25. The standard InChI is InChI=1S/C18H22N2O2S/c21-16(14-5-2-1-3-6-14)13-17(22)19-15-8-10-20(11-9-15)18-7-4-12-23-18/h1-7,12,15-16,21H,8-11,13H2,(H,19,22). The topological polar surface area (TPSA) is 52.6 Å². The molecule has 1 atom stereocenters. The van der Waals surface area contributed by atoms with Crippen LogP contribution in [0.3, 0.4) is 0 Å². The first-order chi connectivity index (χ1) is 11.2. The van der Waals surface area contributed by atoms with Crippen LogP contribution in [0.1, 0.15) is 30.9 Å². The second kappa shape index (κ2) is 7.62. The average molecular weight is 330 g/mol. The van der Waals surface area contributed by atoms with Crippen molar-refractivity contribution in [1.82, 2.24) is 5.32 Å². The Morgan fingerprint density at radius 3 is 2.61 bits per heavy atom. The molecule has 1 amide bonds. The van der Waals surface area contributed by atoms with Crippen LogP contribution in [0.2, 0.25) is 0 Å². The quantitative estimate of drug-likeness (QED) is 0.886. The fourth-order valence-electron chi connectivity index (χ4n) is 2.95. The Morgan fingerprint density at radius 1 is 1.22 bits per heavy atom. The Balaban J connectivity index is 1.44. The molecule has 2 N–H and O–H groups in total. The van der Waals surface area contributed by atoms with Crippen LogP contribution >= 0.6 is 11.3 Å². The van der Waals surface area contributed by atoms with Gasteiger partial charge in [-0.2, -0.15) is 0 Å². The normalized spacial score (nSPS) is 17.0. The minimum Gasteiger partial charge on any atom is -0.388 e. The SMILES string of the molecule is O=C(CC(O)c1ccccc1)NC1CCN(c2cccs2)CC1. The van der Waals surface area contributed by atoms with Crippen molar-refractivity contribution in [1.29, 1.82) is 0 Å². The van der Waals surface area contributed by atoms with E-state index >= 15 is 0 Å². The first-order valence-corrected chi connectivity index (χ1v) is 8.91. The third-order valence-corrected chi connectivity index (χ3v) is 5.17. The van der Waals surface area contributed by atoms with Gasteiger partial charge < -0.3 is 15.3 Å². The number of thiophene rings is 1. The largest absolute Gasteiger partial charge is 0.388 e. The second-order valence-electron chi connectivity index (χ2n) is 5.91. The molecule has 2 heterocycles. The van der Waals surface area contributed by atoms with Crippen LogP contribution in [0.25, 0.3) is 0 Å². The van der Waals surface area contributed by atoms with Crippen molar-refractivity contribution in [3.63, 3.8) is 0 Å². The summed E-state index contributed by atoms with van der Waals surface area (Å²) in [6.45, 7) is 1.93. The van der Waals surface area contributed by atoms with Gasteiger partial charge in [0, 0.05) is 19.1 Å². The Labute approximate surface area is 140 Å². The summed E-state index contributed by atoms with van der Waals surface area (Å²) >= 11 is 1.76. The van der Waals surface area contributed by atoms with Gasteiger partial charge in [-0.25, -0.2) is 0 Å². The van der Waals surface area contributed by atoms with E-state index in [9.17, 15) is 9.90 Å². The third kappa shape index (κ3) is 4.33. The number of rotatable bonds is 5. The maximum absolute atomic E-state index is 12.1. The van der Waals surface area contributed by atoms with Gasteiger partial charge in [0.2, 0.25) is 5.91 Å². The Kier molecular flexibility index (Phi) is 5.31. The molecule has 122 valence electrons. The summed E-state index contributed by atoms with van der Waals surface area (Å²) in [5.74, 6) is -0.0732. The summed E-state index contributed by atoms with van der Waals surface area (Å²) in [5, 5.41) is 16.6. The van der Waals surface area contributed by atoms with E-state index in [1.165, 1.54) is 5.00 Å². The van der Waals surface area contributed by atoms with Crippen LogP contribution < -0.4 is 10.2 Å². The zero-order valence-electron chi connectivity index (χ0n) is 13.0. The highest BCUT2D eigenvalue weighted by Gasteiger charge is 2.22. The van der Waals surface area contributed by atoms with Gasteiger partial charge in [0.05, 0.1) is 17.5 Å². The molecule has 1 aliphatic rings. The molecule has 1 aromatic heterocycles. The number of nitrogens with one attached hydrogen (secondary N) is 1. The van der Waals surface area contributed by atoms with Gasteiger partial charge in [0.15, 0.2) is 0 Å². The summed E-state index contributed by atoms with van der Waals surface area (Å²) in [7, 11) is 0. The molecule has 1 unspecified atom stereocenters. The van der Waals surface area contributed by atoms with Crippen molar-refractivity contribution in [2.45, 2.75) is 31.4 Å². The number of carbonyl (C=O) groups is 1. The molecule has 0 saturated carbocycles. The van der Waals surface area contributed by atoms with Crippen LogP contribution in [0.15, 0.2) is 47.8 Å². The molecular formula is C18H22N2O2S. The van der Waals surface area contributed by atoms with E-state index in [-0.39, 0.29) is 18.4 Å². The maximum atomic E-state index is 12.1. The number of amides is 1. The highest BCUT2D eigenvalue weighted by atomic mass is 32.1. The lowest BCUT2D eigenvalue weighted by Gasteiger charge is -2.33. The smallest absolute Gasteiger partial charge is 0.223 e. The van der Waals surface area contributed by atoms with E-state index < -0.39 is 6.10 Å². The molecular weight excluding hydrogens is 308 g/mol. The van der Waals surface area contributed by atoms with Crippen molar-refractivity contribution in [2.24, 2.45) is 0 Å². The lowest BCUT2D eigenvalue weighted by molar-refractivity contribution is -0.123. The van der Waals surface area contributed by atoms with Crippen molar-refractivity contribution in [2.75, 3.05) is 18.0 Å². The van der Waals surface area contributed by atoms with Crippen LogP contribution in [-0.2, 0) is 4.79 Å². The van der Waals surface area contributed by atoms with E-state index in [0.717, 1.165) is 31.5 Å². The fraction of sp³-hybridized carbons (Fsp3) is 0.389. The van der Waals surface area contributed by atoms with Crippen LogP contribution in [-0.4, -0.2) is 30.1 Å². The van der Waals surface area contributed by atoms with E-state index in [0.29, 0.717) is 0 Å². The lowest BCUT2D eigenvalue weighted by atomic mass is 10.0. The Hall–Kier alpha value is -1.85. The molecule has 1 aliphatic heterocycles. The van der Waals surface area contributed by atoms with E-state index in [1.54, 1.807) is 11.3 Å². The number of nitrogens with zero attached hydrogens (tertiary/aromatic N) is 1. The Bertz CT molecular complexity index is 607. The van der Waals surface area contributed by atoms with Crippen LogP contribution in [0.4, 0.5) is 5.00 Å². The highest BCUT2D eigenvalue weighted by molar-refractivity contribution is 7.14. The summed E-state index contributed by atoms with van der Waals surface area (Å²) in [6.07, 6.45) is 1.29. The predicted octanol–water partition coefficient (Wildman–Crippen LogP) is 2.96. The third-order valence-electron chi connectivity index (χ3n) is 4.24. The van der Waals surface area contributed by atoms with Gasteiger partial charge in [-0.15, -0.1) is 11.3 Å². The molecule has 1 saturated heterocycles. The van der Waals surface area contributed by atoms with Gasteiger partial charge in [-0.1, -0.05) is 30.3 Å². The lowest BCUT2D eigenvalue weighted by Crippen LogP contribution is -2.44. The zero-order chi connectivity index (χ0) is 16.1. The van der Waals surface area contributed by atoms with Gasteiger partial charge in [-0.3, -0.25) is 4.79 Å². The molecule has 1 aromatic carbocycles. The molecule has 23 heavy (non-hydrogen) atoms. The molecule has 4 nitrogen and oxygen atoms in total. The van der Waals surface area contributed by atoms with Gasteiger partial charge >= 0.3 is 0 Å². The minimum absolute atomic E-state index is 0.0732. The summed E-state index contributed by atoms with van der Waals surface area (Å²) in [5.41, 5.74) is 0.787. The second-order valence-corrected chi connectivity index (χ2v) is 6.84. The summed E-state index contributed by atoms with van der Waals surface area (Å²) in [6, 6.07) is 13.8. The first kappa shape index (κ1) is 16.0. The number of hydrogen-bond donors (Lipinski definition) is 2. The number of carbonyl (C=O) groups excluding carboxylic acids is 1. The average Bonchev–Trinajstić information content (AvgIpc) is 3.11. The van der Waals surface area contributed by atoms with E-state index in [2.05, 4.69) is 27.7 Å². The number of benzene rings is 1. The monoisotopic (exact) mass is 330 g/mol. The molecule has 5 heteroatoms. The first-order valence-electron chi connectivity index (χ1n) is 8.03. The number of aliphatic hydroxyl groups excluding tert-OH is 1. The number of hydrogen-bond acceptors (Lipinski definition) is 4. The van der Waals surface area contributed by atoms with Gasteiger partial charge in [0.25, 0.3) is 0 Å². The number of aliphatic hydroxyl groups is 1. The van der Waals surface area contributed by atoms with Crippen molar-refractivity contribution >= 4 is 22.2 Å². The molecule has 3 rings (SSSR count). The molecule has 0 radical (unpaired) electrons. The van der Waals surface area contributed by atoms with E-state index in [1.807, 2.05) is 30.3 Å². The number of anilines is 1. The maximum Gasteiger partial charge on any atom is 0.223 e. The van der Waals surface area contributed by atoms with Crippen molar-refractivity contribution in [3.05, 3.63) is 53.4 Å². The van der Waals surface area contributed by atoms with Gasteiger partial charge in [-0.05, 0) is 35.9 Å². The predicted molar refractivity (Wildman–Crippen MR) is 93.7 cm³/mol.